The number of hydrogen-bond acceptors (Lipinski definition) is 4. The summed E-state index contributed by atoms with van der Waals surface area (Å²) in [6.45, 7) is 1.75. The first kappa shape index (κ1) is 12.2. The lowest BCUT2D eigenvalue weighted by atomic mass is 10.2. The van der Waals surface area contributed by atoms with E-state index in [0.717, 1.165) is 0 Å². The molecule has 100 valence electrons. The van der Waals surface area contributed by atoms with E-state index in [-0.39, 0.29) is 17.3 Å². The van der Waals surface area contributed by atoms with Crippen LogP contribution < -0.4 is 4.18 Å². The monoisotopic (exact) mass is 282 g/mol. The summed E-state index contributed by atoms with van der Waals surface area (Å²) in [7, 11) is -3.61. The molecule has 1 aliphatic rings. The Bertz CT molecular complexity index is 752. The molecular formula is C12H11FN2O3S. The van der Waals surface area contributed by atoms with Crippen LogP contribution in [0, 0.1) is 12.7 Å². The lowest BCUT2D eigenvalue weighted by Crippen LogP contribution is -2.22. The van der Waals surface area contributed by atoms with Gasteiger partial charge in [-0.25, -0.2) is 4.39 Å². The second-order valence-electron chi connectivity index (χ2n) is 4.33. The summed E-state index contributed by atoms with van der Waals surface area (Å²) in [6.07, 6.45) is 0.331. The lowest BCUT2D eigenvalue weighted by molar-refractivity contribution is 0.450. The van der Waals surface area contributed by atoms with E-state index in [1.54, 1.807) is 19.1 Å². The first-order valence-electron chi connectivity index (χ1n) is 5.73. The number of benzene rings is 1. The molecule has 3 rings (SSSR count). The Hall–Kier alpha value is -1.89. The minimum Gasteiger partial charge on any atom is -0.361 e. The largest absolute Gasteiger partial charge is 0.361 e. The summed E-state index contributed by atoms with van der Waals surface area (Å²) in [6, 6.07) is 6.01. The standard InChI is InChI=1S/C12H11FN2O3S/c1-8-9-6-7-19(16,17)18-12(9)15(14-8)11-5-3-2-4-10(11)13/h2-5H,6-7H2,1H3. The minimum atomic E-state index is -3.61. The van der Waals surface area contributed by atoms with Gasteiger partial charge in [0.1, 0.15) is 11.5 Å². The number of rotatable bonds is 1. The van der Waals surface area contributed by atoms with E-state index in [0.29, 0.717) is 17.7 Å². The smallest absolute Gasteiger partial charge is 0.311 e. The van der Waals surface area contributed by atoms with Crippen molar-refractivity contribution < 1.29 is 17.0 Å². The first-order valence-corrected chi connectivity index (χ1v) is 7.31. The van der Waals surface area contributed by atoms with E-state index in [9.17, 15) is 12.8 Å². The maximum atomic E-state index is 13.8. The maximum Gasteiger partial charge on any atom is 0.311 e. The summed E-state index contributed by atoms with van der Waals surface area (Å²) >= 11 is 0. The molecule has 0 N–H and O–H groups in total. The van der Waals surface area contributed by atoms with E-state index in [1.165, 1.54) is 16.8 Å². The summed E-state index contributed by atoms with van der Waals surface area (Å²) in [5.74, 6) is -0.475. The van der Waals surface area contributed by atoms with E-state index in [4.69, 9.17) is 4.18 Å². The average molecular weight is 282 g/mol. The third-order valence-electron chi connectivity index (χ3n) is 3.03. The molecule has 19 heavy (non-hydrogen) atoms. The van der Waals surface area contributed by atoms with Crippen LogP contribution in [0.25, 0.3) is 5.69 Å². The van der Waals surface area contributed by atoms with E-state index in [1.807, 2.05) is 0 Å². The van der Waals surface area contributed by atoms with Gasteiger partial charge in [0.15, 0.2) is 0 Å². The Labute approximate surface area is 109 Å². The average Bonchev–Trinajstić information content (AvgIpc) is 2.65. The third-order valence-corrected chi connectivity index (χ3v) is 4.14. The van der Waals surface area contributed by atoms with Crippen molar-refractivity contribution in [3.05, 3.63) is 41.3 Å². The van der Waals surface area contributed by atoms with Crippen molar-refractivity contribution in [1.82, 2.24) is 9.78 Å². The van der Waals surface area contributed by atoms with E-state index >= 15 is 0 Å². The summed E-state index contributed by atoms with van der Waals surface area (Å²) in [5, 5.41) is 4.18. The van der Waals surface area contributed by atoms with Crippen LogP contribution in [0.5, 0.6) is 5.88 Å². The topological polar surface area (TPSA) is 61.2 Å². The minimum absolute atomic E-state index is 0.0796. The van der Waals surface area contributed by atoms with Crippen LogP contribution in [0.2, 0.25) is 0 Å². The molecule has 1 aliphatic heterocycles. The fourth-order valence-corrected chi connectivity index (χ4v) is 3.04. The predicted molar refractivity (Wildman–Crippen MR) is 66.4 cm³/mol. The van der Waals surface area contributed by atoms with Gasteiger partial charge in [-0.1, -0.05) is 12.1 Å². The number of aromatic nitrogens is 2. The zero-order valence-corrected chi connectivity index (χ0v) is 10.9. The highest BCUT2D eigenvalue weighted by Crippen LogP contribution is 2.31. The van der Waals surface area contributed by atoms with Gasteiger partial charge in [0, 0.05) is 5.56 Å². The van der Waals surface area contributed by atoms with Crippen molar-refractivity contribution in [1.29, 1.82) is 0 Å². The van der Waals surface area contributed by atoms with Gasteiger partial charge in [-0.3, -0.25) is 0 Å². The number of fused-ring (bicyclic) bond motifs is 1. The Morgan fingerprint density at radius 3 is 2.84 bits per heavy atom. The van der Waals surface area contributed by atoms with Crippen LogP contribution in [0.1, 0.15) is 11.3 Å². The molecule has 0 amide bonds. The van der Waals surface area contributed by atoms with E-state index in [2.05, 4.69) is 5.10 Å². The van der Waals surface area contributed by atoms with Crippen LogP contribution >= 0.6 is 0 Å². The summed E-state index contributed by atoms with van der Waals surface area (Å²) in [4.78, 5) is 0. The summed E-state index contributed by atoms with van der Waals surface area (Å²) in [5.41, 5.74) is 1.52. The van der Waals surface area contributed by atoms with Crippen molar-refractivity contribution >= 4 is 10.1 Å². The van der Waals surface area contributed by atoms with Crippen LogP contribution in [-0.2, 0) is 16.5 Å². The van der Waals surface area contributed by atoms with Crippen molar-refractivity contribution in [2.24, 2.45) is 0 Å². The molecule has 0 aliphatic carbocycles. The highest BCUT2D eigenvalue weighted by atomic mass is 32.2. The summed E-state index contributed by atoms with van der Waals surface area (Å²) < 4.78 is 43.0. The number of para-hydroxylation sites is 1. The van der Waals surface area contributed by atoms with Crippen LogP contribution in [0.4, 0.5) is 4.39 Å². The molecule has 1 aromatic heterocycles. The third kappa shape index (κ3) is 1.99. The van der Waals surface area contributed by atoms with E-state index < -0.39 is 15.9 Å². The highest BCUT2D eigenvalue weighted by Gasteiger charge is 2.29. The molecule has 0 fully saturated rings. The molecule has 2 aromatic rings. The normalized spacial score (nSPS) is 16.7. The lowest BCUT2D eigenvalue weighted by Gasteiger charge is -2.15. The van der Waals surface area contributed by atoms with Crippen LogP contribution in [0.15, 0.2) is 24.3 Å². The van der Waals surface area contributed by atoms with Crippen molar-refractivity contribution in [3.8, 4) is 11.6 Å². The fourth-order valence-electron chi connectivity index (χ4n) is 2.09. The molecule has 0 bridgehead atoms. The van der Waals surface area contributed by atoms with Gasteiger partial charge in [0.05, 0.1) is 11.4 Å². The van der Waals surface area contributed by atoms with Gasteiger partial charge >= 0.3 is 10.1 Å². The van der Waals surface area contributed by atoms with Gasteiger partial charge in [0.2, 0.25) is 5.88 Å². The first-order chi connectivity index (χ1) is 8.98. The molecule has 5 nitrogen and oxygen atoms in total. The SMILES string of the molecule is Cc1nn(-c2ccccc2F)c2c1CCS(=O)(=O)O2. The molecule has 0 radical (unpaired) electrons. The number of hydrogen-bond donors (Lipinski definition) is 0. The van der Waals surface area contributed by atoms with Crippen molar-refractivity contribution in [2.45, 2.75) is 13.3 Å². The second-order valence-corrected chi connectivity index (χ2v) is 6.02. The quantitative estimate of drug-likeness (QED) is 0.745. The molecule has 1 aromatic carbocycles. The Kier molecular flexibility index (Phi) is 2.60. The molecular weight excluding hydrogens is 271 g/mol. The van der Waals surface area contributed by atoms with Crippen LogP contribution in [-0.4, -0.2) is 24.0 Å². The zero-order valence-electron chi connectivity index (χ0n) is 10.1. The Morgan fingerprint density at radius 1 is 1.37 bits per heavy atom. The molecule has 7 heteroatoms. The second kappa shape index (κ2) is 4.06. The molecule has 0 unspecified atom stereocenters. The Balaban J connectivity index is 2.22. The molecule has 0 saturated carbocycles. The highest BCUT2D eigenvalue weighted by molar-refractivity contribution is 7.87. The molecule has 0 atom stereocenters. The molecule has 0 saturated heterocycles. The van der Waals surface area contributed by atoms with Gasteiger partial charge in [-0.05, 0) is 25.5 Å². The number of halogens is 1. The zero-order chi connectivity index (χ0) is 13.6. The van der Waals surface area contributed by atoms with Crippen molar-refractivity contribution in [2.75, 3.05) is 5.75 Å². The number of aryl methyl sites for hydroxylation is 1. The predicted octanol–water partition coefficient (Wildman–Crippen LogP) is 1.58. The van der Waals surface area contributed by atoms with Crippen LogP contribution in [0.3, 0.4) is 0 Å². The number of nitrogens with zero attached hydrogens (tertiary/aromatic N) is 2. The fraction of sp³-hybridized carbons (Fsp3) is 0.250. The van der Waals surface area contributed by atoms with Crippen molar-refractivity contribution in [3.63, 3.8) is 0 Å². The molecule has 2 heterocycles. The Morgan fingerprint density at radius 2 is 2.11 bits per heavy atom. The maximum absolute atomic E-state index is 13.8. The van der Waals surface area contributed by atoms with Gasteiger partial charge in [0.25, 0.3) is 0 Å². The molecule has 0 spiro atoms. The van der Waals surface area contributed by atoms with Gasteiger partial charge < -0.3 is 4.18 Å². The van der Waals surface area contributed by atoms with Gasteiger partial charge in [-0.2, -0.15) is 18.2 Å². The van der Waals surface area contributed by atoms with Gasteiger partial charge in [-0.15, -0.1) is 0 Å².